The minimum atomic E-state index is -0.932. The lowest BCUT2D eigenvalue weighted by Crippen LogP contribution is -2.55. The second-order valence-corrected chi connectivity index (χ2v) is 15.0. The average molecular weight is 694 g/mol. The molecule has 1 fully saturated rings. The van der Waals surface area contributed by atoms with Crippen molar-refractivity contribution in [2.24, 2.45) is 11.8 Å². The van der Waals surface area contributed by atoms with Crippen LogP contribution in [-0.2, 0) is 21.4 Å². The van der Waals surface area contributed by atoms with Gasteiger partial charge in [-0.15, -0.1) is 11.3 Å². The zero-order valence-corrected chi connectivity index (χ0v) is 29.1. The molecule has 0 aliphatic carbocycles. The van der Waals surface area contributed by atoms with Gasteiger partial charge in [0.2, 0.25) is 5.91 Å². The fraction of sp³-hybridized carbons (Fsp3) is 0.275. The smallest absolute Gasteiger partial charge is 0.310 e. The highest BCUT2D eigenvalue weighted by Gasteiger charge is 2.39. The monoisotopic (exact) mass is 693 g/mol. The summed E-state index contributed by atoms with van der Waals surface area (Å²) in [5.74, 6) is -3.02. The highest BCUT2D eigenvalue weighted by atomic mass is 32.1. The SMILES string of the molecule is Cc1ccc(-c2ccc(-c3cnc(-c4ccc(C[C@H](CC(=O)c5ccc(C(C)(C)C)s5)C(=O)N5CC(C(=O)O)C5)cc4)nc3)c(F)c2)c(F)c1. The normalized spacial score (nSPS) is 13.9. The largest absolute Gasteiger partial charge is 0.481 e. The number of hydrogen-bond donors (Lipinski definition) is 1. The number of aromatic nitrogens is 2. The van der Waals surface area contributed by atoms with Crippen LogP contribution in [0.2, 0.25) is 0 Å². The summed E-state index contributed by atoms with van der Waals surface area (Å²) >= 11 is 1.44. The number of benzene rings is 3. The van der Waals surface area contributed by atoms with Gasteiger partial charge in [-0.05, 0) is 59.7 Å². The number of ketones is 1. The van der Waals surface area contributed by atoms with Crippen LogP contribution in [0.3, 0.4) is 0 Å². The maximum atomic E-state index is 15.2. The third-order valence-electron chi connectivity index (χ3n) is 9.01. The molecule has 10 heteroatoms. The van der Waals surface area contributed by atoms with E-state index in [2.05, 4.69) is 30.7 Å². The third kappa shape index (κ3) is 7.55. The maximum Gasteiger partial charge on any atom is 0.310 e. The molecule has 1 aliphatic rings. The molecule has 0 saturated carbocycles. The molecule has 1 amide bonds. The van der Waals surface area contributed by atoms with E-state index in [1.807, 2.05) is 36.4 Å². The van der Waals surface area contributed by atoms with E-state index in [0.717, 1.165) is 16.0 Å². The molecule has 0 spiro atoms. The fourth-order valence-electron chi connectivity index (χ4n) is 6.00. The molecule has 1 aliphatic heterocycles. The second kappa shape index (κ2) is 14.0. The van der Waals surface area contributed by atoms with Crippen molar-refractivity contribution in [3.8, 4) is 33.6 Å². The molecule has 5 aromatic rings. The molecule has 1 atom stereocenters. The summed E-state index contributed by atoms with van der Waals surface area (Å²) in [7, 11) is 0. The lowest BCUT2D eigenvalue weighted by molar-refractivity contribution is -0.154. The molecule has 1 saturated heterocycles. The maximum absolute atomic E-state index is 15.2. The number of carbonyl (C=O) groups excluding carboxylic acids is 2. The summed E-state index contributed by atoms with van der Waals surface area (Å²) in [5.41, 5.74) is 3.76. The number of amides is 1. The van der Waals surface area contributed by atoms with Gasteiger partial charge in [0, 0.05) is 65.0 Å². The van der Waals surface area contributed by atoms with Crippen LogP contribution in [0, 0.1) is 30.4 Å². The molecule has 3 heterocycles. The number of hydrogen-bond acceptors (Lipinski definition) is 6. The summed E-state index contributed by atoms with van der Waals surface area (Å²) in [5, 5.41) is 9.31. The Morgan fingerprint density at radius 1 is 0.860 bits per heavy atom. The number of carbonyl (C=O) groups is 3. The van der Waals surface area contributed by atoms with Gasteiger partial charge < -0.3 is 10.0 Å². The highest BCUT2D eigenvalue weighted by molar-refractivity contribution is 7.14. The summed E-state index contributed by atoms with van der Waals surface area (Å²) in [6, 6.07) is 20.5. The van der Waals surface area contributed by atoms with Gasteiger partial charge in [0.25, 0.3) is 0 Å². The van der Waals surface area contributed by atoms with Crippen molar-refractivity contribution in [1.82, 2.24) is 14.9 Å². The van der Waals surface area contributed by atoms with E-state index in [-0.39, 0.29) is 36.6 Å². The summed E-state index contributed by atoms with van der Waals surface area (Å²) < 4.78 is 29.6. The molecule has 256 valence electrons. The van der Waals surface area contributed by atoms with E-state index in [9.17, 15) is 23.9 Å². The minimum Gasteiger partial charge on any atom is -0.481 e. The molecular formula is C40H37F2N3O4S. The van der Waals surface area contributed by atoms with Crippen LogP contribution in [0.15, 0.2) is 85.2 Å². The van der Waals surface area contributed by atoms with E-state index < -0.39 is 29.4 Å². The van der Waals surface area contributed by atoms with Crippen molar-refractivity contribution < 1.29 is 28.3 Å². The van der Waals surface area contributed by atoms with Crippen molar-refractivity contribution >= 4 is 29.0 Å². The van der Waals surface area contributed by atoms with Crippen molar-refractivity contribution in [2.75, 3.05) is 13.1 Å². The van der Waals surface area contributed by atoms with Gasteiger partial charge in [-0.1, -0.05) is 69.3 Å². The number of carboxylic acids is 1. The summed E-state index contributed by atoms with van der Waals surface area (Å²) in [6.45, 7) is 8.32. The standard InChI is InChI=1S/C40H37F2N3O4S/c1-23-5-11-30(32(41)15-23)26-10-12-31(33(42)17-26)28-19-43-37(44-20-28)25-8-6-24(7-9-25)16-27(38(47)45-21-29(22-45)39(48)49)18-34(46)35-13-14-36(50-35)40(2,3)4/h5-15,17,19-20,27,29H,16,18,21-22H2,1-4H3,(H,48,49)/t27-/m1/s1. The number of rotatable bonds is 10. The molecule has 0 bridgehead atoms. The van der Waals surface area contributed by atoms with Crippen LogP contribution in [0.1, 0.15) is 52.9 Å². The first-order valence-corrected chi connectivity index (χ1v) is 17.2. The minimum absolute atomic E-state index is 0.0149. The Hall–Kier alpha value is -5.09. The van der Waals surface area contributed by atoms with Gasteiger partial charge in [0.05, 0.1) is 10.8 Å². The van der Waals surface area contributed by atoms with E-state index in [1.165, 1.54) is 40.8 Å². The third-order valence-corrected chi connectivity index (χ3v) is 10.6. The number of Topliss-reactive ketones (excluding diaryl/α,β-unsaturated/α-hetero) is 1. The number of likely N-dealkylation sites (tertiary alicyclic amines) is 1. The van der Waals surface area contributed by atoms with Gasteiger partial charge in [0.15, 0.2) is 11.6 Å². The number of aryl methyl sites for hydroxylation is 1. The van der Waals surface area contributed by atoms with Crippen LogP contribution in [-0.4, -0.2) is 50.7 Å². The topological polar surface area (TPSA) is 100 Å². The molecule has 0 unspecified atom stereocenters. The van der Waals surface area contributed by atoms with E-state index in [1.54, 1.807) is 31.2 Å². The van der Waals surface area contributed by atoms with Crippen molar-refractivity contribution in [3.05, 3.63) is 118 Å². The Morgan fingerprint density at radius 3 is 2.08 bits per heavy atom. The Labute approximate surface area is 293 Å². The summed E-state index contributed by atoms with van der Waals surface area (Å²) in [4.78, 5) is 50.4. The number of halogens is 2. The van der Waals surface area contributed by atoms with Crippen LogP contribution in [0.4, 0.5) is 8.78 Å². The highest BCUT2D eigenvalue weighted by Crippen LogP contribution is 2.33. The van der Waals surface area contributed by atoms with Crippen LogP contribution < -0.4 is 0 Å². The first-order valence-electron chi connectivity index (χ1n) is 16.4. The molecule has 3 aromatic carbocycles. The fourth-order valence-corrected chi connectivity index (χ4v) is 7.01. The second-order valence-electron chi connectivity index (χ2n) is 13.9. The average Bonchev–Trinajstić information content (AvgIpc) is 3.56. The predicted octanol–water partition coefficient (Wildman–Crippen LogP) is 8.40. The number of carboxylic acid groups (broad SMARTS) is 1. The first kappa shape index (κ1) is 34.8. The zero-order valence-electron chi connectivity index (χ0n) is 28.2. The van der Waals surface area contributed by atoms with Crippen LogP contribution in [0.25, 0.3) is 33.6 Å². The van der Waals surface area contributed by atoms with E-state index >= 15 is 4.39 Å². The van der Waals surface area contributed by atoms with Gasteiger partial charge in [-0.3, -0.25) is 14.4 Å². The Bertz CT molecular complexity index is 2060. The molecule has 50 heavy (non-hydrogen) atoms. The molecule has 2 aromatic heterocycles. The van der Waals surface area contributed by atoms with Crippen molar-refractivity contribution in [2.45, 2.75) is 46.0 Å². The Morgan fingerprint density at radius 2 is 1.48 bits per heavy atom. The number of thiophene rings is 1. The molecule has 0 radical (unpaired) electrons. The zero-order chi connectivity index (χ0) is 35.7. The number of nitrogens with zero attached hydrogens (tertiary/aromatic N) is 3. The lowest BCUT2D eigenvalue weighted by atomic mass is 9.89. The van der Waals surface area contributed by atoms with Crippen LogP contribution >= 0.6 is 11.3 Å². The lowest BCUT2D eigenvalue weighted by Gasteiger charge is -2.38. The Balaban J connectivity index is 1.16. The van der Waals surface area contributed by atoms with Gasteiger partial charge >= 0.3 is 5.97 Å². The predicted molar refractivity (Wildman–Crippen MR) is 190 cm³/mol. The van der Waals surface area contributed by atoms with Crippen molar-refractivity contribution in [1.29, 1.82) is 0 Å². The molecule has 1 N–H and O–H groups in total. The van der Waals surface area contributed by atoms with Gasteiger partial charge in [0.1, 0.15) is 11.6 Å². The van der Waals surface area contributed by atoms with E-state index in [0.29, 0.717) is 44.9 Å². The molecular weight excluding hydrogens is 657 g/mol. The van der Waals surface area contributed by atoms with Crippen molar-refractivity contribution in [3.63, 3.8) is 0 Å². The quantitative estimate of drug-likeness (QED) is 0.148. The Kier molecular flexibility index (Phi) is 9.75. The molecule has 7 nitrogen and oxygen atoms in total. The number of aliphatic carboxylic acids is 1. The first-order chi connectivity index (χ1) is 23.8. The van der Waals surface area contributed by atoms with Gasteiger partial charge in [-0.25, -0.2) is 18.7 Å². The molecule has 6 rings (SSSR count). The summed E-state index contributed by atoms with van der Waals surface area (Å²) in [6.07, 6.45) is 3.39. The van der Waals surface area contributed by atoms with Gasteiger partial charge in [-0.2, -0.15) is 0 Å². The van der Waals surface area contributed by atoms with E-state index in [4.69, 9.17) is 0 Å². The van der Waals surface area contributed by atoms with Crippen LogP contribution in [0.5, 0.6) is 0 Å².